The van der Waals surface area contributed by atoms with Crippen molar-refractivity contribution in [3.8, 4) is 0 Å². The minimum absolute atomic E-state index is 0. The number of hydrogen-bond donors (Lipinski definition) is 1. The summed E-state index contributed by atoms with van der Waals surface area (Å²) in [6.07, 6.45) is 2.49. The van der Waals surface area contributed by atoms with Gasteiger partial charge in [0.1, 0.15) is 0 Å². The van der Waals surface area contributed by atoms with Gasteiger partial charge in [-0.15, -0.1) is 0 Å². The Balaban J connectivity index is 0.00000196. The first-order valence-electron chi connectivity index (χ1n) is 3.80. The van der Waals surface area contributed by atoms with Crippen LogP contribution in [-0.2, 0) is 9.59 Å². The molecule has 0 saturated heterocycles. The third-order valence-corrected chi connectivity index (χ3v) is 1.98. The Morgan fingerprint density at radius 1 is 1.33 bits per heavy atom. The predicted octanol–water partition coefficient (Wildman–Crippen LogP) is 1.47. The van der Waals surface area contributed by atoms with Crippen molar-refractivity contribution in [3.63, 3.8) is 0 Å². The number of carbonyl (C=O) groups excluding carboxylic acids is 1. The average molecular weight is 295 g/mol. The van der Waals surface area contributed by atoms with Crippen LogP contribution in [0.3, 0.4) is 0 Å². The molecule has 0 unspecified atom stereocenters. The van der Waals surface area contributed by atoms with Crippen molar-refractivity contribution < 1.29 is 14.7 Å². The van der Waals surface area contributed by atoms with E-state index < -0.39 is 11.8 Å². The molecule has 0 aliphatic rings. The number of benzene rings is 1. The summed E-state index contributed by atoms with van der Waals surface area (Å²) in [5.74, 6) is -2.37. The van der Waals surface area contributed by atoms with Crippen LogP contribution in [0.25, 0.3) is 6.08 Å². The van der Waals surface area contributed by atoms with E-state index in [2.05, 4.69) is 15.9 Å². The van der Waals surface area contributed by atoms with Crippen LogP contribution < -0.4 is 0 Å². The number of hydrogen-bond acceptors (Lipinski definition) is 2. The Bertz CT molecular complexity index is 401. The molecule has 0 radical (unpaired) electrons. The topological polar surface area (TPSA) is 54.4 Å². The van der Waals surface area contributed by atoms with Crippen molar-refractivity contribution in [1.29, 1.82) is 0 Å². The maximum absolute atomic E-state index is 10.7. The molecule has 1 aromatic rings. The minimum atomic E-state index is -1.45. The van der Waals surface area contributed by atoms with Crippen molar-refractivity contribution in [2.24, 2.45) is 0 Å². The molecule has 1 aromatic carbocycles. The van der Waals surface area contributed by atoms with Gasteiger partial charge in [-0.05, 0) is 23.8 Å². The number of ketones is 1. The standard InChI is InChI=1S/C10H7BrO3.K.H/c11-8-3-1-2-7(6-8)4-5-9(12)10(13)14;;/h1-6H,(H,13,14);;. The van der Waals surface area contributed by atoms with Gasteiger partial charge >= 0.3 is 57.4 Å². The summed E-state index contributed by atoms with van der Waals surface area (Å²) < 4.78 is 0.877. The van der Waals surface area contributed by atoms with Gasteiger partial charge in [-0.3, -0.25) is 4.79 Å². The van der Waals surface area contributed by atoms with Gasteiger partial charge in [0.05, 0.1) is 0 Å². The molecule has 1 rings (SSSR count). The number of carboxylic acids is 1. The number of carboxylic acid groups (broad SMARTS) is 1. The fourth-order valence-corrected chi connectivity index (χ4v) is 1.27. The average Bonchev–Trinajstić information content (AvgIpc) is 2.14. The van der Waals surface area contributed by atoms with Gasteiger partial charge in [-0.25, -0.2) is 4.79 Å². The Kier molecular flexibility index (Phi) is 7.59. The van der Waals surface area contributed by atoms with Crippen molar-refractivity contribution in [2.45, 2.75) is 0 Å². The third kappa shape index (κ3) is 5.75. The predicted molar refractivity (Wildman–Crippen MR) is 63.0 cm³/mol. The normalized spacial score (nSPS) is 9.67. The van der Waals surface area contributed by atoms with E-state index in [-0.39, 0.29) is 51.4 Å². The number of rotatable bonds is 3. The zero-order chi connectivity index (χ0) is 10.6. The third-order valence-electron chi connectivity index (χ3n) is 1.49. The van der Waals surface area contributed by atoms with E-state index in [0.717, 1.165) is 16.1 Å². The molecule has 5 heteroatoms. The van der Waals surface area contributed by atoms with E-state index in [1.165, 1.54) is 6.08 Å². The van der Waals surface area contributed by atoms with Crippen molar-refractivity contribution >= 4 is 85.1 Å². The summed E-state index contributed by atoms with van der Waals surface area (Å²) in [5, 5.41) is 8.30. The van der Waals surface area contributed by atoms with Gasteiger partial charge in [-0.2, -0.15) is 0 Å². The molecule has 0 aromatic heterocycles. The van der Waals surface area contributed by atoms with Crippen LogP contribution in [0.1, 0.15) is 5.56 Å². The Hall–Kier alpha value is 0.216. The van der Waals surface area contributed by atoms with Crippen LogP contribution in [0.15, 0.2) is 34.8 Å². The summed E-state index contributed by atoms with van der Waals surface area (Å²) in [6.45, 7) is 0. The molecule has 0 atom stereocenters. The molecule has 0 saturated carbocycles. The van der Waals surface area contributed by atoms with E-state index >= 15 is 0 Å². The second-order valence-electron chi connectivity index (χ2n) is 2.56. The summed E-state index contributed by atoms with van der Waals surface area (Å²) >= 11 is 3.26. The molecule has 74 valence electrons. The van der Waals surface area contributed by atoms with Crippen molar-refractivity contribution in [3.05, 3.63) is 40.4 Å². The van der Waals surface area contributed by atoms with E-state index in [4.69, 9.17) is 5.11 Å². The first-order valence-corrected chi connectivity index (χ1v) is 4.60. The Labute approximate surface area is 138 Å². The first-order chi connectivity index (χ1) is 6.59. The molecule has 1 N–H and O–H groups in total. The number of carbonyl (C=O) groups is 2. The van der Waals surface area contributed by atoms with Gasteiger partial charge in [-0.1, -0.05) is 34.1 Å². The number of aliphatic carboxylic acids is 1. The van der Waals surface area contributed by atoms with Crippen LogP contribution in [0.2, 0.25) is 0 Å². The van der Waals surface area contributed by atoms with E-state index in [9.17, 15) is 9.59 Å². The van der Waals surface area contributed by atoms with Crippen LogP contribution in [0.5, 0.6) is 0 Å². The fourth-order valence-electron chi connectivity index (χ4n) is 0.853. The van der Waals surface area contributed by atoms with Crippen LogP contribution in [0, 0.1) is 0 Å². The number of halogens is 1. The fraction of sp³-hybridized carbons (Fsp3) is 0. The van der Waals surface area contributed by atoms with E-state index in [1.54, 1.807) is 18.2 Å². The quantitative estimate of drug-likeness (QED) is 0.522. The van der Waals surface area contributed by atoms with Crippen molar-refractivity contribution in [2.75, 3.05) is 0 Å². The van der Waals surface area contributed by atoms with Crippen molar-refractivity contribution in [1.82, 2.24) is 0 Å². The second-order valence-corrected chi connectivity index (χ2v) is 3.47. The van der Waals surface area contributed by atoms with Gasteiger partial charge in [0, 0.05) is 4.47 Å². The van der Waals surface area contributed by atoms with Crippen LogP contribution in [-0.4, -0.2) is 68.2 Å². The zero-order valence-electron chi connectivity index (χ0n) is 7.11. The van der Waals surface area contributed by atoms with Gasteiger partial charge in [0.2, 0.25) is 0 Å². The molecular formula is C10H8BrKO3. The second kappa shape index (κ2) is 7.48. The zero-order valence-corrected chi connectivity index (χ0v) is 8.69. The van der Waals surface area contributed by atoms with Gasteiger partial charge < -0.3 is 5.11 Å². The molecular weight excluding hydrogens is 287 g/mol. The van der Waals surface area contributed by atoms with E-state index in [1.807, 2.05) is 6.07 Å². The summed E-state index contributed by atoms with van der Waals surface area (Å²) in [7, 11) is 0. The molecule has 0 spiro atoms. The van der Waals surface area contributed by atoms with Crippen LogP contribution >= 0.6 is 15.9 Å². The molecule has 0 bridgehead atoms. The Morgan fingerprint density at radius 2 is 2.00 bits per heavy atom. The SMILES string of the molecule is O=C(O)C(=O)C=Cc1cccc(Br)c1.[KH]. The van der Waals surface area contributed by atoms with Gasteiger partial charge in [0.15, 0.2) is 0 Å². The molecule has 3 nitrogen and oxygen atoms in total. The van der Waals surface area contributed by atoms with Gasteiger partial charge in [0.25, 0.3) is 5.78 Å². The molecule has 0 aliphatic carbocycles. The summed E-state index contributed by atoms with van der Waals surface area (Å²) in [5.41, 5.74) is 0.772. The Morgan fingerprint density at radius 3 is 2.53 bits per heavy atom. The molecule has 0 heterocycles. The molecule has 15 heavy (non-hydrogen) atoms. The monoisotopic (exact) mass is 294 g/mol. The van der Waals surface area contributed by atoms with E-state index in [0.29, 0.717) is 0 Å². The van der Waals surface area contributed by atoms with Crippen LogP contribution in [0.4, 0.5) is 0 Å². The maximum atomic E-state index is 10.7. The summed E-state index contributed by atoms with van der Waals surface area (Å²) in [4.78, 5) is 20.9. The first kappa shape index (κ1) is 15.2. The molecule has 0 aliphatic heterocycles. The molecule has 0 amide bonds. The molecule has 0 fully saturated rings. The summed E-state index contributed by atoms with van der Waals surface area (Å²) in [6, 6.07) is 7.20.